The molecule has 2 aliphatic rings. The number of ether oxygens (including phenoxy) is 2. The third kappa shape index (κ3) is 3.82. The molecule has 4 rings (SSSR count). The monoisotopic (exact) mass is 407 g/mol. The Balaban J connectivity index is 1.58. The van der Waals surface area contributed by atoms with Gasteiger partial charge in [0.1, 0.15) is 6.61 Å². The molecule has 2 aromatic rings. The number of sulfone groups is 1. The predicted molar refractivity (Wildman–Crippen MR) is 103 cm³/mol. The number of carbonyl (C=O) groups is 1. The minimum absolute atomic E-state index is 0.00727. The second kappa shape index (κ2) is 7.16. The molecule has 0 spiro atoms. The van der Waals surface area contributed by atoms with Gasteiger partial charge in [-0.1, -0.05) is 12.1 Å². The van der Waals surface area contributed by atoms with E-state index in [1.807, 2.05) is 30.5 Å². The van der Waals surface area contributed by atoms with Crippen LogP contribution in [0.25, 0.3) is 0 Å². The maximum absolute atomic E-state index is 13.3. The van der Waals surface area contributed by atoms with Crippen molar-refractivity contribution in [2.24, 2.45) is 0 Å². The topological polar surface area (TPSA) is 72.9 Å². The Morgan fingerprint density at radius 2 is 2.04 bits per heavy atom. The lowest BCUT2D eigenvalue weighted by atomic mass is 10.1. The van der Waals surface area contributed by atoms with E-state index in [1.54, 1.807) is 28.4 Å². The first-order valence-electron chi connectivity index (χ1n) is 8.85. The second-order valence-corrected chi connectivity index (χ2v) is 10.1. The first-order chi connectivity index (χ1) is 12.9. The summed E-state index contributed by atoms with van der Waals surface area (Å²) in [5, 5.41) is 1.98. The molecule has 6 nitrogen and oxygen atoms in total. The summed E-state index contributed by atoms with van der Waals surface area (Å²) < 4.78 is 35.5. The third-order valence-corrected chi connectivity index (χ3v) is 7.76. The van der Waals surface area contributed by atoms with Gasteiger partial charge in [0, 0.05) is 10.9 Å². The van der Waals surface area contributed by atoms with Crippen molar-refractivity contribution in [1.29, 1.82) is 0 Å². The molecule has 3 heterocycles. The number of nitrogens with zero attached hydrogens (tertiary/aromatic N) is 1. The van der Waals surface area contributed by atoms with Crippen LogP contribution in [0.3, 0.4) is 0 Å². The fraction of sp³-hybridized carbons (Fsp3) is 0.421. The number of thiophene rings is 1. The number of fused-ring (bicyclic) bond motifs is 1. The number of carbonyl (C=O) groups excluding carboxylic acids is 1. The Morgan fingerprint density at radius 1 is 1.26 bits per heavy atom. The van der Waals surface area contributed by atoms with Crippen molar-refractivity contribution in [3.05, 3.63) is 46.2 Å². The molecular weight excluding hydrogens is 386 g/mol. The summed E-state index contributed by atoms with van der Waals surface area (Å²) in [6.07, 6.45) is -0.314. The quantitative estimate of drug-likeness (QED) is 0.778. The lowest BCUT2D eigenvalue weighted by molar-refractivity contribution is -0.143. The molecule has 1 fully saturated rings. The molecular formula is C19H21NO5S2. The largest absolute Gasteiger partial charge is 0.485 e. The Bertz CT molecular complexity index is 953. The van der Waals surface area contributed by atoms with E-state index in [1.165, 1.54) is 0 Å². The van der Waals surface area contributed by atoms with Crippen LogP contribution in [0.4, 0.5) is 0 Å². The van der Waals surface area contributed by atoms with Gasteiger partial charge < -0.3 is 14.4 Å². The maximum atomic E-state index is 13.3. The van der Waals surface area contributed by atoms with Gasteiger partial charge in [0.15, 0.2) is 21.3 Å². The van der Waals surface area contributed by atoms with Crippen LogP contribution in [0, 0.1) is 6.92 Å². The lowest BCUT2D eigenvalue weighted by Crippen LogP contribution is -2.50. The second-order valence-electron chi connectivity index (χ2n) is 6.91. The van der Waals surface area contributed by atoms with Crippen LogP contribution < -0.4 is 9.47 Å². The Kier molecular flexibility index (Phi) is 4.86. The normalized spacial score (nSPS) is 23.1. The highest BCUT2D eigenvalue weighted by molar-refractivity contribution is 7.91. The van der Waals surface area contributed by atoms with Gasteiger partial charge in [0.05, 0.1) is 18.1 Å². The molecule has 2 aliphatic heterocycles. The molecule has 0 bridgehead atoms. The summed E-state index contributed by atoms with van der Waals surface area (Å²) >= 11 is 1.57. The van der Waals surface area contributed by atoms with E-state index >= 15 is 0 Å². The summed E-state index contributed by atoms with van der Waals surface area (Å²) in [7, 11) is -3.10. The fourth-order valence-corrected chi connectivity index (χ4v) is 6.09. The van der Waals surface area contributed by atoms with Crippen molar-refractivity contribution >= 4 is 27.1 Å². The van der Waals surface area contributed by atoms with Crippen LogP contribution in [-0.2, 0) is 21.2 Å². The molecule has 144 valence electrons. The Morgan fingerprint density at radius 3 is 2.70 bits per heavy atom. The molecule has 0 saturated carbocycles. The molecule has 1 amide bonds. The number of rotatable bonds is 4. The number of para-hydroxylation sites is 2. The van der Waals surface area contributed by atoms with Crippen LogP contribution >= 0.6 is 11.3 Å². The number of aryl methyl sites for hydroxylation is 1. The van der Waals surface area contributed by atoms with Crippen molar-refractivity contribution in [2.45, 2.75) is 32.0 Å². The van der Waals surface area contributed by atoms with E-state index in [0.29, 0.717) is 24.5 Å². The summed E-state index contributed by atoms with van der Waals surface area (Å²) in [5.74, 6) is 1.06. The molecule has 2 unspecified atom stereocenters. The van der Waals surface area contributed by atoms with Gasteiger partial charge in [-0.15, -0.1) is 11.3 Å². The van der Waals surface area contributed by atoms with E-state index in [4.69, 9.17) is 9.47 Å². The average Bonchev–Trinajstić information content (AvgIpc) is 3.23. The van der Waals surface area contributed by atoms with Crippen molar-refractivity contribution in [3.63, 3.8) is 0 Å². The van der Waals surface area contributed by atoms with Gasteiger partial charge in [-0.2, -0.15) is 0 Å². The van der Waals surface area contributed by atoms with Gasteiger partial charge in [-0.25, -0.2) is 8.42 Å². The summed E-state index contributed by atoms with van der Waals surface area (Å²) in [4.78, 5) is 16.0. The molecule has 1 saturated heterocycles. The van der Waals surface area contributed by atoms with Gasteiger partial charge in [0.25, 0.3) is 5.91 Å². The van der Waals surface area contributed by atoms with E-state index in [0.717, 1.165) is 10.4 Å². The summed E-state index contributed by atoms with van der Waals surface area (Å²) in [5.41, 5.74) is 1.10. The standard InChI is InChI=1S/C19H21NO5S2/c1-13-6-8-26-18(13)10-20(14-7-9-27(22,23)12-14)19(21)17-11-24-15-4-2-3-5-16(15)25-17/h2-6,8,14,17H,7,9-12H2,1H3. The van der Waals surface area contributed by atoms with Crippen molar-refractivity contribution < 1.29 is 22.7 Å². The molecule has 0 radical (unpaired) electrons. The highest BCUT2D eigenvalue weighted by atomic mass is 32.2. The van der Waals surface area contributed by atoms with E-state index in [9.17, 15) is 13.2 Å². The fourth-order valence-electron chi connectivity index (χ4n) is 3.46. The SMILES string of the molecule is Cc1ccsc1CN(C(=O)C1COc2ccccc2O1)C1CCS(=O)(=O)C1. The highest BCUT2D eigenvalue weighted by Crippen LogP contribution is 2.32. The minimum atomic E-state index is -3.10. The molecule has 1 aromatic heterocycles. The van der Waals surface area contributed by atoms with Crippen LogP contribution in [0.5, 0.6) is 11.5 Å². The van der Waals surface area contributed by atoms with Crippen molar-refractivity contribution in [1.82, 2.24) is 4.90 Å². The van der Waals surface area contributed by atoms with Gasteiger partial charge in [-0.3, -0.25) is 4.79 Å². The molecule has 0 N–H and O–H groups in total. The zero-order valence-electron chi connectivity index (χ0n) is 15.0. The summed E-state index contributed by atoms with van der Waals surface area (Å²) in [6, 6.07) is 8.91. The Labute approximate surface area is 162 Å². The van der Waals surface area contributed by atoms with E-state index in [2.05, 4.69) is 0 Å². The zero-order chi connectivity index (χ0) is 19.0. The van der Waals surface area contributed by atoms with Gasteiger partial charge in [0.2, 0.25) is 6.10 Å². The first-order valence-corrected chi connectivity index (χ1v) is 11.6. The highest BCUT2D eigenvalue weighted by Gasteiger charge is 2.39. The number of hydrogen-bond acceptors (Lipinski definition) is 6. The van der Waals surface area contributed by atoms with E-state index in [-0.39, 0.29) is 30.1 Å². The maximum Gasteiger partial charge on any atom is 0.267 e. The number of hydrogen-bond donors (Lipinski definition) is 0. The zero-order valence-corrected chi connectivity index (χ0v) is 16.6. The van der Waals surface area contributed by atoms with Gasteiger partial charge >= 0.3 is 0 Å². The third-order valence-electron chi connectivity index (χ3n) is 5.00. The smallest absolute Gasteiger partial charge is 0.267 e. The summed E-state index contributed by atoms with van der Waals surface area (Å²) in [6.45, 7) is 2.51. The van der Waals surface area contributed by atoms with Crippen molar-refractivity contribution in [2.75, 3.05) is 18.1 Å². The van der Waals surface area contributed by atoms with Crippen molar-refractivity contribution in [3.8, 4) is 11.5 Å². The molecule has 1 aromatic carbocycles. The van der Waals surface area contributed by atoms with Crippen LogP contribution in [-0.4, -0.2) is 49.5 Å². The Hall–Kier alpha value is -2.06. The predicted octanol–water partition coefficient (Wildman–Crippen LogP) is 2.41. The minimum Gasteiger partial charge on any atom is -0.485 e. The van der Waals surface area contributed by atoms with Crippen LogP contribution in [0.2, 0.25) is 0 Å². The van der Waals surface area contributed by atoms with Crippen LogP contribution in [0.15, 0.2) is 35.7 Å². The van der Waals surface area contributed by atoms with Crippen LogP contribution in [0.1, 0.15) is 16.9 Å². The number of amides is 1. The molecule has 8 heteroatoms. The average molecular weight is 408 g/mol. The molecule has 27 heavy (non-hydrogen) atoms. The van der Waals surface area contributed by atoms with E-state index < -0.39 is 15.9 Å². The lowest BCUT2D eigenvalue weighted by Gasteiger charge is -2.33. The molecule has 2 atom stereocenters. The first kappa shape index (κ1) is 18.3. The van der Waals surface area contributed by atoms with Gasteiger partial charge in [-0.05, 0) is 42.5 Å². The number of benzene rings is 1. The molecule has 0 aliphatic carbocycles.